The van der Waals surface area contributed by atoms with Crippen LogP contribution in [0.4, 0.5) is 4.79 Å². The van der Waals surface area contributed by atoms with Gasteiger partial charge in [0.1, 0.15) is 0 Å². The summed E-state index contributed by atoms with van der Waals surface area (Å²) in [6.45, 7) is 2.10. The van der Waals surface area contributed by atoms with Crippen LogP contribution < -0.4 is 5.56 Å². The first kappa shape index (κ1) is 9.70. The van der Waals surface area contributed by atoms with Crippen LogP contribution in [0.1, 0.15) is 24.2 Å². The van der Waals surface area contributed by atoms with E-state index in [1.807, 2.05) is 0 Å². The van der Waals surface area contributed by atoms with E-state index >= 15 is 0 Å². The van der Waals surface area contributed by atoms with Crippen LogP contribution in [-0.2, 0) is 11.3 Å². The third-order valence-electron chi connectivity index (χ3n) is 2.59. The third kappa shape index (κ3) is 1.38. The van der Waals surface area contributed by atoms with Gasteiger partial charge in [0, 0.05) is 0 Å². The van der Waals surface area contributed by atoms with Gasteiger partial charge in [-0.2, -0.15) is 0 Å². The Morgan fingerprint density at radius 1 is 1.73 bits per heavy atom. The standard InChI is InChI=1S/C9H11N3O3/c1-5-7-6(10-4-11-8(7)13)3-12(5)9(14)15-2/h4-5H,3H2,1-2H3,(H,10,11,13). The third-order valence-corrected chi connectivity index (χ3v) is 2.59. The first-order valence-corrected chi connectivity index (χ1v) is 4.56. The predicted octanol–water partition coefficient (Wildman–Crippen LogP) is 0.413. The second-order valence-electron chi connectivity index (χ2n) is 3.37. The predicted molar refractivity (Wildman–Crippen MR) is 51.2 cm³/mol. The van der Waals surface area contributed by atoms with E-state index < -0.39 is 6.09 Å². The fourth-order valence-corrected chi connectivity index (χ4v) is 1.80. The van der Waals surface area contributed by atoms with E-state index in [1.54, 1.807) is 6.92 Å². The van der Waals surface area contributed by atoms with Crippen molar-refractivity contribution in [1.82, 2.24) is 14.9 Å². The summed E-state index contributed by atoms with van der Waals surface area (Å²) in [5.41, 5.74) is 0.985. The lowest BCUT2D eigenvalue weighted by atomic mass is 10.2. The Morgan fingerprint density at radius 2 is 2.47 bits per heavy atom. The van der Waals surface area contributed by atoms with Crippen LogP contribution in [-0.4, -0.2) is 28.1 Å². The number of aromatic amines is 1. The molecule has 1 N–H and O–H groups in total. The maximum atomic E-state index is 11.5. The second-order valence-corrected chi connectivity index (χ2v) is 3.37. The van der Waals surface area contributed by atoms with E-state index in [0.29, 0.717) is 17.8 Å². The van der Waals surface area contributed by atoms with Crippen molar-refractivity contribution in [3.8, 4) is 0 Å². The number of carbonyl (C=O) groups excluding carboxylic acids is 1. The molecule has 0 aromatic carbocycles. The monoisotopic (exact) mass is 209 g/mol. The molecule has 0 radical (unpaired) electrons. The molecule has 1 aliphatic heterocycles. The highest BCUT2D eigenvalue weighted by atomic mass is 16.5. The van der Waals surface area contributed by atoms with Crippen LogP contribution >= 0.6 is 0 Å². The average molecular weight is 209 g/mol. The zero-order valence-corrected chi connectivity index (χ0v) is 8.48. The summed E-state index contributed by atoms with van der Waals surface area (Å²) in [5, 5.41) is 0. The molecular formula is C9H11N3O3. The summed E-state index contributed by atoms with van der Waals surface area (Å²) in [7, 11) is 1.32. The van der Waals surface area contributed by atoms with Crippen LogP contribution in [0.15, 0.2) is 11.1 Å². The lowest BCUT2D eigenvalue weighted by Gasteiger charge is -2.18. The summed E-state index contributed by atoms with van der Waals surface area (Å²) in [6.07, 6.45) is 0.897. The van der Waals surface area contributed by atoms with Crippen LogP contribution in [0.25, 0.3) is 0 Å². The van der Waals surface area contributed by atoms with Crippen molar-refractivity contribution in [2.75, 3.05) is 7.11 Å². The zero-order valence-electron chi connectivity index (χ0n) is 8.48. The number of nitrogens with zero attached hydrogens (tertiary/aromatic N) is 2. The SMILES string of the molecule is COC(=O)N1Cc2nc[nH]c(=O)c2C1C. The van der Waals surface area contributed by atoms with Crippen LogP contribution in [0.2, 0.25) is 0 Å². The molecule has 2 heterocycles. The molecule has 0 aliphatic carbocycles. The number of fused-ring (bicyclic) bond motifs is 1. The molecule has 6 heteroatoms. The Morgan fingerprint density at radius 3 is 3.07 bits per heavy atom. The maximum Gasteiger partial charge on any atom is 0.410 e. The van der Waals surface area contributed by atoms with Crippen LogP contribution in [0, 0.1) is 0 Å². The summed E-state index contributed by atoms with van der Waals surface area (Å²) in [6, 6.07) is -0.287. The van der Waals surface area contributed by atoms with Crippen molar-refractivity contribution in [3.05, 3.63) is 27.9 Å². The molecule has 1 atom stereocenters. The molecule has 1 amide bonds. The zero-order chi connectivity index (χ0) is 11.0. The molecule has 1 aromatic heterocycles. The van der Waals surface area contributed by atoms with Gasteiger partial charge in [-0.3, -0.25) is 9.69 Å². The van der Waals surface area contributed by atoms with E-state index in [-0.39, 0.29) is 11.6 Å². The average Bonchev–Trinajstić information content (AvgIpc) is 2.56. The number of aromatic nitrogens is 2. The van der Waals surface area contributed by atoms with Crippen molar-refractivity contribution in [2.45, 2.75) is 19.5 Å². The smallest absolute Gasteiger partial charge is 0.410 e. The molecule has 0 spiro atoms. The van der Waals surface area contributed by atoms with Crippen molar-refractivity contribution >= 4 is 6.09 Å². The minimum absolute atomic E-state index is 0.195. The normalized spacial score (nSPS) is 18.8. The number of hydrogen-bond donors (Lipinski definition) is 1. The number of methoxy groups -OCH3 is 1. The molecule has 80 valence electrons. The molecule has 6 nitrogen and oxygen atoms in total. The molecule has 2 rings (SSSR count). The van der Waals surface area contributed by atoms with Gasteiger partial charge in [-0.15, -0.1) is 0 Å². The number of H-pyrrole nitrogens is 1. The summed E-state index contributed by atoms with van der Waals surface area (Å²) in [5.74, 6) is 0. The van der Waals surface area contributed by atoms with Gasteiger partial charge >= 0.3 is 6.09 Å². The summed E-state index contributed by atoms with van der Waals surface area (Å²) >= 11 is 0. The Bertz CT molecular complexity index is 454. The van der Waals surface area contributed by atoms with Gasteiger partial charge in [0.15, 0.2) is 0 Å². The Balaban J connectivity index is 2.42. The summed E-state index contributed by atoms with van der Waals surface area (Å²) in [4.78, 5) is 30.9. The topological polar surface area (TPSA) is 75.3 Å². The van der Waals surface area contributed by atoms with E-state index in [2.05, 4.69) is 14.7 Å². The van der Waals surface area contributed by atoms with E-state index in [9.17, 15) is 9.59 Å². The van der Waals surface area contributed by atoms with Crippen molar-refractivity contribution in [1.29, 1.82) is 0 Å². The quantitative estimate of drug-likeness (QED) is 0.671. The van der Waals surface area contributed by atoms with Gasteiger partial charge in [-0.05, 0) is 6.92 Å². The molecule has 1 aromatic rings. The van der Waals surface area contributed by atoms with E-state index in [1.165, 1.54) is 18.3 Å². The molecule has 1 aliphatic rings. The molecule has 0 saturated heterocycles. The highest BCUT2D eigenvalue weighted by Crippen LogP contribution is 2.29. The molecule has 15 heavy (non-hydrogen) atoms. The number of rotatable bonds is 0. The lowest BCUT2D eigenvalue weighted by molar-refractivity contribution is 0.111. The Labute approximate surface area is 85.9 Å². The highest BCUT2D eigenvalue weighted by molar-refractivity contribution is 5.69. The maximum absolute atomic E-state index is 11.5. The van der Waals surface area contributed by atoms with Crippen molar-refractivity contribution in [3.63, 3.8) is 0 Å². The van der Waals surface area contributed by atoms with Crippen molar-refractivity contribution in [2.24, 2.45) is 0 Å². The molecule has 0 saturated carbocycles. The number of ether oxygens (including phenoxy) is 1. The van der Waals surface area contributed by atoms with Crippen LogP contribution in [0.3, 0.4) is 0 Å². The van der Waals surface area contributed by atoms with Gasteiger partial charge < -0.3 is 9.72 Å². The second kappa shape index (κ2) is 3.38. The fourth-order valence-electron chi connectivity index (χ4n) is 1.80. The van der Waals surface area contributed by atoms with E-state index in [4.69, 9.17) is 0 Å². The fraction of sp³-hybridized carbons (Fsp3) is 0.444. The van der Waals surface area contributed by atoms with E-state index in [0.717, 1.165) is 0 Å². The van der Waals surface area contributed by atoms with Crippen LogP contribution in [0.5, 0.6) is 0 Å². The van der Waals surface area contributed by atoms with Gasteiger partial charge in [0.25, 0.3) is 5.56 Å². The number of carbonyl (C=O) groups is 1. The molecule has 0 bridgehead atoms. The number of hydrogen-bond acceptors (Lipinski definition) is 4. The van der Waals surface area contributed by atoms with Crippen molar-refractivity contribution < 1.29 is 9.53 Å². The van der Waals surface area contributed by atoms with Gasteiger partial charge in [-0.25, -0.2) is 9.78 Å². The molecule has 1 unspecified atom stereocenters. The minimum Gasteiger partial charge on any atom is -0.453 e. The van der Waals surface area contributed by atoms with Gasteiger partial charge in [-0.1, -0.05) is 0 Å². The number of amides is 1. The minimum atomic E-state index is -0.445. The first-order chi connectivity index (χ1) is 7.15. The lowest BCUT2D eigenvalue weighted by Crippen LogP contribution is -2.29. The van der Waals surface area contributed by atoms with Gasteiger partial charge in [0.2, 0.25) is 0 Å². The molecular weight excluding hydrogens is 198 g/mol. The Kier molecular flexibility index (Phi) is 2.18. The summed E-state index contributed by atoms with van der Waals surface area (Å²) < 4.78 is 4.62. The Hall–Kier alpha value is -1.85. The largest absolute Gasteiger partial charge is 0.453 e. The highest BCUT2D eigenvalue weighted by Gasteiger charge is 2.34. The first-order valence-electron chi connectivity index (χ1n) is 4.56. The number of nitrogens with one attached hydrogen (secondary N) is 1. The van der Waals surface area contributed by atoms with Gasteiger partial charge in [0.05, 0.1) is 37.3 Å². The molecule has 0 fully saturated rings.